The Kier molecular flexibility index (Phi) is 6.30. The molecule has 0 spiro atoms. The standard InChI is InChI=1S/C24H21ClN2O4S/c1-4-31-23(29)20-14(2)26-24-27(21(20)16-10-6-8-12-18(16)30-3)22(28)19(32-24)13-15-9-5-7-11-17(15)25/h5-13,21H,4H2,1-3H3/b19-13-/t21-/m0/s1. The number of methoxy groups -OCH3 is 1. The lowest BCUT2D eigenvalue weighted by Gasteiger charge is -2.25. The van der Waals surface area contributed by atoms with Crippen molar-refractivity contribution in [3.05, 3.63) is 95.6 Å². The molecular formula is C24H21ClN2O4S. The summed E-state index contributed by atoms with van der Waals surface area (Å²) in [6, 6.07) is 13.9. The maximum Gasteiger partial charge on any atom is 0.338 e. The number of aromatic nitrogens is 1. The number of allylic oxidation sites excluding steroid dienone is 1. The van der Waals surface area contributed by atoms with Crippen LogP contribution in [0.4, 0.5) is 0 Å². The van der Waals surface area contributed by atoms with Crippen molar-refractivity contribution in [1.29, 1.82) is 0 Å². The largest absolute Gasteiger partial charge is 0.496 e. The van der Waals surface area contributed by atoms with Crippen LogP contribution in [0.5, 0.6) is 5.75 Å². The minimum absolute atomic E-state index is 0.213. The number of para-hydroxylation sites is 1. The van der Waals surface area contributed by atoms with E-state index in [1.54, 1.807) is 39.2 Å². The third-order valence-electron chi connectivity index (χ3n) is 5.14. The number of halogens is 1. The number of hydrogen-bond donors (Lipinski definition) is 0. The third-order valence-corrected chi connectivity index (χ3v) is 6.47. The molecule has 1 aliphatic rings. The lowest BCUT2D eigenvalue weighted by atomic mass is 9.95. The number of hydrogen-bond acceptors (Lipinski definition) is 6. The van der Waals surface area contributed by atoms with Crippen molar-refractivity contribution < 1.29 is 14.3 Å². The van der Waals surface area contributed by atoms with Gasteiger partial charge in [-0.1, -0.05) is 59.3 Å². The van der Waals surface area contributed by atoms with Crippen LogP contribution in [0.3, 0.4) is 0 Å². The van der Waals surface area contributed by atoms with Gasteiger partial charge in [-0.15, -0.1) is 0 Å². The summed E-state index contributed by atoms with van der Waals surface area (Å²) >= 11 is 7.55. The van der Waals surface area contributed by atoms with Crippen LogP contribution in [0.25, 0.3) is 6.08 Å². The second kappa shape index (κ2) is 9.14. The normalized spacial score (nSPS) is 15.9. The average Bonchev–Trinajstić information content (AvgIpc) is 3.09. The van der Waals surface area contributed by atoms with E-state index in [1.807, 2.05) is 36.4 Å². The molecule has 0 radical (unpaired) electrons. The van der Waals surface area contributed by atoms with E-state index in [4.69, 9.17) is 21.1 Å². The minimum Gasteiger partial charge on any atom is -0.496 e. The van der Waals surface area contributed by atoms with Crippen LogP contribution >= 0.6 is 22.9 Å². The molecule has 3 aromatic rings. The Hall–Kier alpha value is -3.16. The fraction of sp³-hybridized carbons (Fsp3) is 0.208. The van der Waals surface area contributed by atoms with Gasteiger partial charge in [-0.05, 0) is 37.6 Å². The van der Waals surface area contributed by atoms with Crippen molar-refractivity contribution in [2.24, 2.45) is 4.99 Å². The SMILES string of the molecule is CCOC(=O)C1=C(C)N=c2s/c(=C\c3ccccc3Cl)c(=O)n2[C@H]1c1ccccc1OC. The molecule has 0 aliphatic carbocycles. The first kappa shape index (κ1) is 22.0. The molecule has 6 nitrogen and oxygen atoms in total. The molecule has 8 heteroatoms. The number of thiazole rings is 1. The number of benzene rings is 2. The Morgan fingerprint density at radius 1 is 1.22 bits per heavy atom. The summed E-state index contributed by atoms with van der Waals surface area (Å²) in [5, 5.41) is 0.544. The van der Waals surface area contributed by atoms with Crippen LogP contribution < -0.4 is 19.6 Å². The predicted octanol–water partition coefficient (Wildman–Crippen LogP) is 3.46. The highest BCUT2D eigenvalue weighted by Gasteiger charge is 2.34. The van der Waals surface area contributed by atoms with Gasteiger partial charge in [0.2, 0.25) is 0 Å². The van der Waals surface area contributed by atoms with Gasteiger partial charge in [0.15, 0.2) is 4.80 Å². The molecule has 0 fully saturated rings. The first-order valence-electron chi connectivity index (χ1n) is 10.0. The average molecular weight is 469 g/mol. The van der Waals surface area contributed by atoms with Crippen molar-refractivity contribution in [3.63, 3.8) is 0 Å². The van der Waals surface area contributed by atoms with Crippen molar-refractivity contribution >= 4 is 35.0 Å². The first-order valence-corrected chi connectivity index (χ1v) is 11.2. The van der Waals surface area contributed by atoms with Crippen LogP contribution in [0, 0.1) is 0 Å². The van der Waals surface area contributed by atoms with Gasteiger partial charge in [0, 0.05) is 10.6 Å². The lowest BCUT2D eigenvalue weighted by molar-refractivity contribution is -0.139. The number of ether oxygens (including phenoxy) is 2. The van der Waals surface area contributed by atoms with Gasteiger partial charge in [0.25, 0.3) is 5.56 Å². The van der Waals surface area contributed by atoms with E-state index in [0.717, 1.165) is 5.56 Å². The summed E-state index contributed by atoms with van der Waals surface area (Å²) in [6.45, 7) is 3.70. The van der Waals surface area contributed by atoms with E-state index in [0.29, 0.717) is 36.9 Å². The summed E-state index contributed by atoms with van der Waals surface area (Å²) in [6.07, 6.45) is 1.74. The summed E-state index contributed by atoms with van der Waals surface area (Å²) in [4.78, 5) is 31.6. The van der Waals surface area contributed by atoms with Gasteiger partial charge in [-0.3, -0.25) is 9.36 Å². The second-order valence-corrected chi connectivity index (χ2v) is 8.48. The summed E-state index contributed by atoms with van der Waals surface area (Å²) in [5.41, 5.74) is 1.96. The highest BCUT2D eigenvalue weighted by molar-refractivity contribution is 7.07. The molecule has 1 aromatic heterocycles. The highest BCUT2D eigenvalue weighted by atomic mass is 35.5. The van der Waals surface area contributed by atoms with E-state index in [1.165, 1.54) is 15.9 Å². The molecule has 4 rings (SSSR count). The fourth-order valence-electron chi connectivity index (χ4n) is 3.71. The molecule has 0 N–H and O–H groups in total. The van der Waals surface area contributed by atoms with Crippen molar-refractivity contribution in [1.82, 2.24) is 4.57 Å². The van der Waals surface area contributed by atoms with Crippen LogP contribution in [0.1, 0.15) is 31.0 Å². The number of fused-ring (bicyclic) bond motifs is 1. The Bertz CT molecular complexity index is 1400. The first-order chi connectivity index (χ1) is 15.5. The quantitative estimate of drug-likeness (QED) is 0.538. The number of esters is 1. The number of carbonyl (C=O) groups is 1. The van der Waals surface area contributed by atoms with Crippen LogP contribution in [-0.4, -0.2) is 24.3 Å². The Labute approximate surface area is 193 Å². The Balaban J connectivity index is 2.01. The smallest absolute Gasteiger partial charge is 0.338 e. The number of nitrogens with zero attached hydrogens (tertiary/aromatic N) is 2. The molecule has 0 saturated heterocycles. The van der Waals surface area contributed by atoms with Crippen LogP contribution in [0.15, 0.2) is 69.6 Å². The van der Waals surface area contributed by atoms with Gasteiger partial charge in [0.05, 0.1) is 29.5 Å². The van der Waals surface area contributed by atoms with Crippen molar-refractivity contribution in [2.75, 3.05) is 13.7 Å². The molecule has 1 atom stereocenters. The molecule has 32 heavy (non-hydrogen) atoms. The minimum atomic E-state index is -0.727. The van der Waals surface area contributed by atoms with Crippen molar-refractivity contribution in [3.8, 4) is 5.75 Å². The Morgan fingerprint density at radius 3 is 2.66 bits per heavy atom. The van der Waals surface area contributed by atoms with Gasteiger partial charge >= 0.3 is 5.97 Å². The van der Waals surface area contributed by atoms with E-state index in [9.17, 15) is 9.59 Å². The monoisotopic (exact) mass is 468 g/mol. The molecule has 164 valence electrons. The number of carbonyl (C=O) groups excluding carboxylic acids is 1. The molecule has 2 heterocycles. The summed E-state index contributed by atoms with van der Waals surface area (Å²) in [5.74, 6) is 0.0553. The maximum atomic E-state index is 13.6. The van der Waals surface area contributed by atoms with Crippen LogP contribution in [0.2, 0.25) is 5.02 Å². The summed E-state index contributed by atoms with van der Waals surface area (Å²) in [7, 11) is 1.56. The second-order valence-electron chi connectivity index (χ2n) is 7.07. The zero-order valence-corrected chi connectivity index (χ0v) is 19.4. The fourth-order valence-corrected chi connectivity index (χ4v) is 4.94. The molecule has 0 bridgehead atoms. The topological polar surface area (TPSA) is 69.9 Å². The lowest BCUT2D eigenvalue weighted by Crippen LogP contribution is -2.40. The zero-order valence-electron chi connectivity index (χ0n) is 17.8. The third kappa shape index (κ3) is 3.89. The molecule has 2 aromatic carbocycles. The van der Waals surface area contributed by atoms with Crippen LogP contribution in [-0.2, 0) is 9.53 Å². The maximum absolute atomic E-state index is 13.6. The van der Waals surface area contributed by atoms with E-state index in [2.05, 4.69) is 4.99 Å². The molecule has 1 aliphatic heterocycles. The predicted molar refractivity (Wildman–Crippen MR) is 125 cm³/mol. The highest BCUT2D eigenvalue weighted by Crippen LogP contribution is 2.35. The van der Waals surface area contributed by atoms with Gasteiger partial charge in [-0.25, -0.2) is 9.79 Å². The Morgan fingerprint density at radius 2 is 1.94 bits per heavy atom. The van der Waals surface area contributed by atoms with Gasteiger partial charge in [-0.2, -0.15) is 0 Å². The summed E-state index contributed by atoms with van der Waals surface area (Å²) < 4.78 is 12.9. The molecule has 0 saturated carbocycles. The molecule has 0 unspecified atom stereocenters. The van der Waals surface area contributed by atoms with E-state index in [-0.39, 0.29) is 12.2 Å². The molecular weight excluding hydrogens is 448 g/mol. The van der Waals surface area contributed by atoms with E-state index < -0.39 is 12.0 Å². The van der Waals surface area contributed by atoms with Gasteiger partial charge < -0.3 is 9.47 Å². The molecule has 0 amide bonds. The van der Waals surface area contributed by atoms with E-state index >= 15 is 0 Å². The van der Waals surface area contributed by atoms with Gasteiger partial charge in [0.1, 0.15) is 11.8 Å². The van der Waals surface area contributed by atoms with Crippen molar-refractivity contribution in [2.45, 2.75) is 19.9 Å². The zero-order chi connectivity index (χ0) is 22.8. The number of rotatable bonds is 5.